The molecule has 15 heavy (non-hydrogen) atoms. The Morgan fingerprint density at radius 3 is 2.33 bits per heavy atom. The van der Waals surface area contributed by atoms with Gasteiger partial charge in [0.1, 0.15) is 5.75 Å². The standard InChI is InChI=1S/C11H12O4/c1-3-15-10-5-8(7(2)12)4-9(6-10)11(13)14/h4-6H,3H2,1-2H3,(H,13,14). The Balaban J connectivity index is 3.19. The van der Waals surface area contributed by atoms with Crippen LogP contribution in [0, 0.1) is 0 Å². The molecule has 0 heterocycles. The highest BCUT2D eigenvalue weighted by Gasteiger charge is 2.09. The number of carboxylic acids is 1. The number of carbonyl (C=O) groups excluding carboxylic acids is 1. The van der Waals surface area contributed by atoms with Crippen LogP contribution in [0.25, 0.3) is 0 Å². The second-order valence-electron chi connectivity index (χ2n) is 3.04. The number of hydrogen-bond acceptors (Lipinski definition) is 3. The van der Waals surface area contributed by atoms with Crippen molar-refractivity contribution in [3.8, 4) is 5.75 Å². The Labute approximate surface area is 87.5 Å². The topological polar surface area (TPSA) is 63.6 Å². The molecule has 0 spiro atoms. The first-order valence-electron chi connectivity index (χ1n) is 4.56. The molecule has 0 amide bonds. The lowest BCUT2D eigenvalue weighted by atomic mass is 10.1. The minimum absolute atomic E-state index is 0.0613. The van der Waals surface area contributed by atoms with E-state index in [0.29, 0.717) is 17.9 Å². The molecule has 0 bridgehead atoms. The van der Waals surface area contributed by atoms with Gasteiger partial charge in [-0.15, -0.1) is 0 Å². The van der Waals surface area contributed by atoms with E-state index in [4.69, 9.17) is 9.84 Å². The summed E-state index contributed by atoms with van der Waals surface area (Å²) in [5.41, 5.74) is 0.407. The SMILES string of the molecule is CCOc1cc(C(C)=O)cc(C(=O)O)c1. The molecule has 1 aromatic carbocycles. The smallest absolute Gasteiger partial charge is 0.335 e. The first-order chi connectivity index (χ1) is 7.04. The van der Waals surface area contributed by atoms with Crippen LogP contribution >= 0.6 is 0 Å². The van der Waals surface area contributed by atoms with Gasteiger partial charge in [-0.25, -0.2) is 4.79 Å². The fourth-order valence-corrected chi connectivity index (χ4v) is 1.18. The normalized spacial score (nSPS) is 9.73. The molecule has 0 saturated heterocycles. The molecule has 0 saturated carbocycles. The summed E-state index contributed by atoms with van der Waals surface area (Å²) < 4.78 is 5.17. The van der Waals surface area contributed by atoms with E-state index in [2.05, 4.69) is 0 Å². The van der Waals surface area contributed by atoms with E-state index in [1.165, 1.54) is 25.1 Å². The Morgan fingerprint density at radius 2 is 1.87 bits per heavy atom. The predicted molar refractivity (Wildman–Crippen MR) is 54.6 cm³/mol. The van der Waals surface area contributed by atoms with Crippen molar-refractivity contribution >= 4 is 11.8 Å². The third-order valence-electron chi connectivity index (χ3n) is 1.87. The molecule has 4 nitrogen and oxygen atoms in total. The molecule has 0 aromatic heterocycles. The number of benzene rings is 1. The minimum Gasteiger partial charge on any atom is -0.494 e. The summed E-state index contributed by atoms with van der Waals surface area (Å²) in [6.45, 7) is 3.61. The van der Waals surface area contributed by atoms with Crippen molar-refractivity contribution < 1.29 is 19.4 Å². The van der Waals surface area contributed by atoms with E-state index in [0.717, 1.165) is 0 Å². The number of hydrogen-bond donors (Lipinski definition) is 1. The van der Waals surface area contributed by atoms with Gasteiger partial charge in [0.25, 0.3) is 0 Å². The highest BCUT2D eigenvalue weighted by atomic mass is 16.5. The van der Waals surface area contributed by atoms with Crippen molar-refractivity contribution in [2.75, 3.05) is 6.61 Å². The zero-order chi connectivity index (χ0) is 11.4. The van der Waals surface area contributed by atoms with Gasteiger partial charge in [-0.2, -0.15) is 0 Å². The average molecular weight is 208 g/mol. The van der Waals surface area contributed by atoms with Crippen molar-refractivity contribution in [2.45, 2.75) is 13.8 Å². The monoisotopic (exact) mass is 208 g/mol. The molecule has 1 rings (SSSR count). The molecular formula is C11H12O4. The summed E-state index contributed by atoms with van der Waals surface area (Å²) in [6.07, 6.45) is 0. The average Bonchev–Trinajstić information content (AvgIpc) is 2.17. The molecule has 0 aliphatic heterocycles. The Kier molecular flexibility index (Phi) is 3.44. The maximum absolute atomic E-state index is 11.1. The van der Waals surface area contributed by atoms with Gasteiger partial charge >= 0.3 is 5.97 Å². The van der Waals surface area contributed by atoms with E-state index in [9.17, 15) is 9.59 Å². The lowest BCUT2D eigenvalue weighted by Gasteiger charge is -2.06. The third kappa shape index (κ3) is 2.80. The van der Waals surface area contributed by atoms with Crippen LogP contribution in [0.5, 0.6) is 5.75 Å². The summed E-state index contributed by atoms with van der Waals surface area (Å²) in [7, 11) is 0. The van der Waals surface area contributed by atoms with E-state index < -0.39 is 5.97 Å². The van der Waals surface area contributed by atoms with E-state index in [1.807, 2.05) is 0 Å². The number of rotatable bonds is 4. The fraction of sp³-hybridized carbons (Fsp3) is 0.273. The van der Waals surface area contributed by atoms with Crippen LogP contribution < -0.4 is 4.74 Å². The third-order valence-corrected chi connectivity index (χ3v) is 1.87. The van der Waals surface area contributed by atoms with Gasteiger partial charge in [-0.05, 0) is 32.0 Å². The molecule has 0 unspecified atom stereocenters. The molecule has 80 valence electrons. The lowest BCUT2D eigenvalue weighted by Crippen LogP contribution is -2.02. The second-order valence-corrected chi connectivity index (χ2v) is 3.04. The number of ether oxygens (including phenoxy) is 1. The largest absolute Gasteiger partial charge is 0.494 e. The maximum atomic E-state index is 11.1. The number of aromatic carboxylic acids is 1. The van der Waals surface area contributed by atoms with Gasteiger partial charge in [0.15, 0.2) is 5.78 Å². The Bertz CT molecular complexity index is 363. The van der Waals surface area contributed by atoms with Crippen molar-refractivity contribution in [1.29, 1.82) is 0 Å². The minimum atomic E-state index is -1.07. The van der Waals surface area contributed by atoms with Gasteiger partial charge < -0.3 is 9.84 Å². The lowest BCUT2D eigenvalue weighted by molar-refractivity contribution is 0.0696. The Morgan fingerprint density at radius 1 is 1.27 bits per heavy atom. The molecule has 1 N–H and O–H groups in total. The van der Waals surface area contributed by atoms with Crippen molar-refractivity contribution in [1.82, 2.24) is 0 Å². The van der Waals surface area contributed by atoms with E-state index in [1.54, 1.807) is 6.92 Å². The van der Waals surface area contributed by atoms with Crippen LogP contribution in [0.15, 0.2) is 18.2 Å². The predicted octanol–water partition coefficient (Wildman–Crippen LogP) is 1.99. The van der Waals surface area contributed by atoms with Gasteiger partial charge in [-0.1, -0.05) is 0 Å². The number of carbonyl (C=O) groups is 2. The molecule has 0 radical (unpaired) electrons. The summed E-state index contributed by atoms with van der Waals surface area (Å²) in [5.74, 6) is -0.847. The van der Waals surface area contributed by atoms with Gasteiger partial charge in [-0.3, -0.25) is 4.79 Å². The fourth-order valence-electron chi connectivity index (χ4n) is 1.18. The van der Waals surface area contributed by atoms with Crippen LogP contribution in [-0.4, -0.2) is 23.5 Å². The molecule has 0 aliphatic carbocycles. The molecule has 0 fully saturated rings. The quantitative estimate of drug-likeness (QED) is 0.768. The number of Topliss-reactive ketones (excluding diaryl/α,β-unsaturated/α-hetero) is 1. The van der Waals surface area contributed by atoms with E-state index >= 15 is 0 Å². The van der Waals surface area contributed by atoms with Gasteiger partial charge in [0.2, 0.25) is 0 Å². The first kappa shape index (κ1) is 11.2. The number of ketones is 1. The van der Waals surface area contributed by atoms with Crippen LogP contribution in [-0.2, 0) is 0 Å². The van der Waals surface area contributed by atoms with Crippen LogP contribution in [0.3, 0.4) is 0 Å². The summed E-state index contributed by atoms with van der Waals surface area (Å²) in [5, 5.41) is 8.82. The summed E-state index contributed by atoms with van der Waals surface area (Å²) in [6, 6.07) is 4.28. The number of carboxylic acid groups (broad SMARTS) is 1. The molecule has 0 atom stereocenters. The Hall–Kier alpha value is -1.84. The van der Waals surface area contributed by atoms with Gasteiger partial charge in [0, 0.05) is 5.56 Å². The summed E-state index contributed by atoms with van der Waals surface area (Å²) >= 11 is 0. The summed E-state index contributed by atoms with van der Waals surface area (Å²) in [4.78, 5) is 21.9. The van der Waals surface area contributed by atoms with Crippen LogP contribution in [0.2, 0.25) is 0 Å². The van der Waals surface area contributed by atoms with Crippen molar-refractivity contribution in [3.63, 3.8) is 0 Å². The van der Waals surface area contributed by atoms with E-state index in [-0.39, 0.29) is 11.3 Å². The van der Waals surface area contributed by atoms with Crippen LogP contribution in [0.1, 0.15) is 34.6 Å². The van der Waals surface area contributed by atoms with Crippen molar-refractivity contribution in [3.05, 3.63) is 29.3 Å². The molecule has 0 aliphatic rings. The molecule has 4 heteroatoms. The highest BCUT2D eigenvalue weighted by molar-refractivity contribution is 5.98. The first-order valence-corrected chi connectivity index (χ1v) is 4.56. The van der Waals surface area contributed by atoms with Crippen LogP contribution in [0.4, 0.5) is 0 Å². The second kappa shape index (κ2) is 4.59. The van der Waals surface area contributed by atoms with Gasteiger partial charge in [0.05, 0.1) is 12.2 Å². The zero-order valence-electron chi connectivity index (χ0n) is 8.61. The molecule has 1 aromatic rings. The highest BCUT2D eigenvalue weighted by Crippen LogP contribution is 2.18. The zero-order valence-corrected chi connectivity index (χ0v) is 8.61. The van der Waals surface area contributed by atoms with Crippen molar-refractivity contribution in [2.24, 2.45) is 0 Å². The maximum Gasteiger partial charge on any atom is 0.335 e. The molecular weight excluding hydrogens is 196 g/mol.